The highest BCUT2D eigenvalue weighted by atomic mass is 79.9. The molecule has 114 valence electrons. The van der Waals surface area contributed by atoms with E-state index in [0.717, 1.165) is 5.56 Å². The highest BCUT2D eigenvalue weighted by Gasteiger charge is 2.33. The lowest BCUT2D eigenvalue weighted by Gasteiger charge is -2.18. The molecule has 0 N–H and O–H groups in total. The molecule has 2 heterocycles. The van der Waals surface area contributed by atoms with Gasteiger partial charge in [0.15, 0.2) is 0 Å². The summed E-state index contributed by atoms with van der Waals surface area (Å²) in [5.41, 5.74) is 1.87. The lowest BCUT2D eigenvalue weighted by Crippen LogP contribution is -2.31. The number of carbonyl (C=O) groups is 1. The molecule has 2 aromatic rings. The first-order chi connectivity index (χ1) is 10.5. The third-order valence-corrected chi connectivity index (χ3v) is 4.59. The molecule has 1 aliphatic heterocycles. The van der Waals surface area contributed by atoms with E-state index in [1.165, 1.54) is 11.0 Å². The van der Waals surface area contributed by atoms with Gasteiger partial charge in [0.05, 0.1) is 12.1 Å². The van der Waals surface area contributed by atoms with Crippen molar-refractivity contribution < 1.29 is 9.18 Å². The number of halogens is 3. The molecule has 22 heavy (non-hydrogen) atoms. The lowest BCUT2D eigenvalue weighted by atomic mass is 10.0. The minimum Gasteiger partial charge on any atom is -0.309 e. The van der Waals surface area contributed by atoms with Crippen LogP contribution in [-0.4, -0.2) is 17.4 Å². The van der Waals surface area contributed by atoms with E-state index in [2.05, 4.69) is 20.9 Å². The summed E-state index contributed by atoms with van der Waals surface area (Å²) in [7, 11) is 0. The zero-order valence-electron chi connectivity index (χ0n) is 11.8. The maximum absolute atomic E-state index is 14.3. The maximum atomic E-state index is 14.3. The Balaban J connectivity index is 1.92. The summed E-state index contributed by atoms with van der Waals surface area (Å²) in [6, 6.07) is 6.74. The van der Waals surface area contributed by atoms with Crippen LogP contribution in [0, 0.1) is 5.82 Å². The van der Waals surface area contributed by atoms with E-state index in [4.69, 9.17) is 11.6 Å². The largest absolute Gasteiger partial charge is 0.309 e. The standard InChI is InChI=1S/C16H13BrClFN2O/c1-9-8-21(15-12(9)6-11(17)7-13(15)19)14(22)5-10-3-2-4-20-16(10)18/h2-4,6-7,9H,5,8H2,1H3. The van der Waals surface area contributed by atoms with E-state index in [-0.39, 0.29) is 24.1 Å². The summed E-state index contributed by atoms with van der Waals surface area (Å²) in [5.74, 6) is -0.476. The van der Waals surface area contributed by atoms with Gasteiger partial charge in [-0.25, -0.2) is 9.37 Å². The molecular formula is C16H13BrClFN2O. The fourth-order valence-corrected chi connectivity index (χ4v) is 3.38. The van der Waals surface area contributed by atoms with Gasteiger partial charge < -0.3 is 4.90 Å². The van der Waals surface area contributed by atoms with Crippen LogP contribution in [0.5, 0.6) is 0 Å². The van der Waals surface area contributed by atoms with E-state index >= 15 is 0 Å². The molecule has 1 aromatic heterocycles. The Morgan fingerprint density at radius 3 is 3.05 bits per heavy atom. The minimum absolute atomic E-state index is 0.0929. The molecule has 3 rings (SSSR count). The zero-order valence-corrected chi connectivity index (χ0v) is 14.2. The summed E-state index contributed by atoms with van der Waals surface area (Å²) in [4.78, 5) is 18.0. The van der Waals surface area contributed by atoms with Crippen molar-refractivity contribution in [3.05, 3.63) is 57.0 Å². The van der Waals surface area contributed by atoms with Gasteiger partial charge in [-0.15, -0.1) is 0 Å². The van der Waals surface area contributed by atoms with Crippen LogP contribution in [0.3, 0.4) is 0 Å². The number of rotatable bonds is 2. The van der Waals surface area contributed by atoms with Crippen molar-refractivity contribution in [2.45, 2.75) is 19.3 Å². The van der Waals surface area contributed by atoms with Crippen LogP contribution < -0.4 is 4.90 Å². The monoisotopic (exact) mass is 382 g/mol. The van der Waals surface area contributed by atoms with Crippen LogP contribution in [-0.2, 0) is 11.2 Å². The number of anilines is 1. The van der Waals surface area contributed by atoms with E-state index in [9.17, 15) is 9.18 Å². The third kappa shape index (κ3) is 2.75. The molecule has 0 spiro atoms. The summed E-state index contributed by atoms with van der Waals surface area (Å²) in [6.45, 7) is 2.45. The van der Waals surface area contributed by atoms with Crippen molar-refractivity contribution in [2.75, 3.05) is 11.4 Å². The second-order valence-electron chi connectivity index (χ2n) is 5.36. The number of pyridine rings is 1. The van der Waals surface area contributed by atoms with E-state index < -0.39 is 0 Å². The van der Waals surface area contributed by atoms with Gasteiger partial charge in [0.1, 0.15) is 11.0 Å². The van der Waals surface area contributed by atoms with Crippen LogP contribution in [0.1, 0.15) is 24.0 Å². The van der Waals surface area contributed by atoms with E-state index in [0.29, 0.717) is 27.4 Å². The van der Waals surface area contributed by atoms with Gasteiger partial charge in [-0.2, -0.15) is 0 Å². The second kappa shape index (κ2) is 5.97. The zero-order chi connectivity index (χ0) is 15.9. The molecule has 0 saturated carbocycles. The molecule has 0 fully saturated rings. The fraction of sp³-hybridized carbons (Fsp3) is 0.250. The molecule has 0 bridgehead atoms. The summed E-state index contributed by atoms with van der Waals surface area (Å²) < 4.78 is 15.0. The number of hydrogen-bond donors (Lipinski definition) is 0. The van der Waals surface area contributed by atoms with Crippen molar-refractivity contribution in [2.24, 2.45) is 0 Å². The molecule has 1 aliphatic rings. The van der Waals surface area contributed by atoms with Crippen molar-refractivity contribution in [3.63, 3.8) is 0 Å². The van der Waals surface area contributed by atoms with Crippen molar-refractivity contribution in [1.29, 1.82) is 0 Å². The Morgan fingerprint density at radius 2 is 2.32 bits per heavy atom. The van der Waals surface area contributed by atoms with Gasteiger partial charge in [-0.3, -0.25) is 4.79 Å². The van der Waals surface area contributed by atoms with Crippen LogP contribution in [0.15, 0.2) is 34.9 Å². The number of benzene rings is 1. The Kier molecular flexibility index (Phi) is 4.19. The Labute approximate surface area is 141 Å². The van der Waals surface area contributed by atoms with Gasteiger partial charge in [-0.1, -0.05) is 40.5 Å². The second-order valence-corrected chi connectivity index (χ2v) is 6.63. The molecule has 1 aromatic carbocycles. The van der Waals surface area contributed by atoms with Gasteiger partial charge in [-0.05, 0) is 29.3 Å². The Hall–Kier alpha value is -1.46. The number of hydrogen-bond acceptors (Lipinski definition) is 2. The molecule has 0 aliphatic carbocycles. The number of fused-ring (bicyclic) bond motifs is 1. The first-order valence-corrected chi connectivity index (χ1v) is 8.03. The van der Waals surface area contributed by atoms with Crippen molar-refractivity contribution in [1.82, 2.24) is 4.98 Å². The molecule has 1 amide bonds. The average Bonchev–Trinajstić information content (AvgIpc) is 2.79. The normalized spacial score (nSPS) is 16.7. The van der Waals surface area contributed by atoms with Crippen LogP contribution >= 0.6 is 27.5 Å². The molecule has 0 saturated heterocycles. The highest BCUT2D eigenvalue weighted by Crippen LogP contribution is 2.40. The summed E-state index contributed by atoms with van der Waals surface area (Å²) in [5, 5.41) is 0.305. The highest BCUT2D eigenvalue weighted by molar-refractivity contribution is 9.10. The average molecular weight is 384 g/mol. The number of carbonyl (C=O) groups excluding carboxylic acids is 1. The SMILES string of the molecule is CC1CN(C(=O)Cc2cccnc2Cl)c2c(F)cc(Br)cc21. The van der Waals surface area contributed by atoms with Crippen molar-refractivity contribution in [3.8, 4) is 0 Å². The predicted molar refractivity (Wildman–Crippen MR) is 87.8 cm³/mol. The topological polar surface area (TPSA) is 33.2 Å². The van der Waals surface area contributed by atoms with E-state index in [1.807, 2.05) is 13.0 Å². The molecule has 1 atom stereocenters. The van der Waals surface area contributed by atoms with Gasteiger partial charge >= 0.3 is 0 Å². The first kappa shape index (κ1) is 15.4. The van der Waals surface area contributed by atoms with Gasteiger partial charge in [0, 0.05) is 23.1 Å². The number of aromatic nitrogens is 1. The summed E-state index contributed by atoms with van der Waals surface area (Å²) >= 11 is 9.29. The molecule has 0 radical (unpaired) electrons. The molecule has 3 nitrogen and oxygen atoms in total. The number of nitrogens with zero attached hydrogens (tertiary/aromatic N) is 2. The quantitative estimate of drug-likeness (QED) is 0.723. The Bertz CT molecular complexity index is 753. The maximum Gasteiger partial charge on any atom is 0.231 e. The molecular weight excluding hydrogens is 371 g/mol. The lowest BCUT2D eigenvalue weighted by molar-refractivity contribution is -0.117. The van der Waals surface area contributed by atoms with Crippen LogP contribution in [0.25, 0.3) is 0 Å². The smallest absolute Gasteiger partial charge is 0.231 e. The van der Waals surface area contributed by atoms with Crippen LogP contribution in [0.4, 0.5) is 10.1 Å². The first-order valence-electron chi connectivity index (χ1n) is 6.86. The Morgan fingerprint density at radius 1 is 1.55 bits per heavy atom. The van der Waals surface area contributed by atoms with Gasteiger partial charge in [0.2, 0.25) is 5.91 Å². The third-order valence-electron chi connectivity index (χ3n) is 3.79. The number of amides is 1. The predicted octanol–water partition coefficient (Wildman–Crippen LogP) is 4.33. The van der Waals surface area contributed by atoms with Crippen LogP contribution in [0.2, 0.25) is 5.15 Å². The fourth-order valence-electron chi connectivity index (χ4n) is 2.75. The van der Waals surface area contributed by atoms with Gasteiger partial charge in [0.25, 0.3) is 0 Å². The summed E-state index contributed by atoms with van der Waals surface area (Å²) in [6.07, 6.45) is 1.68. The van der Waals surface area contributed by atoms with Crippen molar-refractivity contribution >= 4 is 39.1 Å². The molecule has 6 heteroatoms. The molecule has 1 unspecified atom stereocenters. The minimum atomic E-state index is -0.389. The van der Waals surface area contributed by atoms with E-state index in [1.54, 1.807) is 18.3 Å².